The van der Waals surface area contributed by atoms with Gasteiger partial charge in [0.15, 0.2) is 0 Å². The number of nitrogens with one attached hydrogen (secondary N) is 2. The van der Waals surface area contributed by atoms with Crippen LogP contribution in [0.4, 0.5) is 9.18 Å². The number of urea groups is 1. The summed E-state index contributed by atoms with van der Waals surface area (Å²) in [6.45, 7) is 0. The molecule has 1 aromatic carbocycles. The van der Waals surface area contributed by atoms with Crippen molar-refractivity contribution >= 4 is 6.03 Å². The van der Waals surface area contributed by atoms with Crippen LogP contribution >= 0.6 is 0 Å². The van der Waals surface area contributed by atoms with Gasteiger partial charge in [-0.25, -0.2) is 9.18 Å². The Bertz CT molecular complexity index is 654. The zero-order valence-corrected chi connectivity index (χ0v) is 13.5. The quantitative estimate of drug-likeness (QED) is 0.893. The van der Waals surface area contributed by atoms with Crippen molar-refractivity contribution in [2.24, 2.45) is 0 Å². The lowest BCUT2D eigenvalue weighted by Gasteiger charge is -2.25. The van der Waals surface area contributed by atoms with Crippen LogP contribution in [0.25, 0.3) is 0 Å². The smallest absolute Gasteiger partial charge is 0.315 e. The van der Waals surface area contributed by atoms with E-state index >= 15 is 0 Å². The molecule has 1 atom stereocenters. The molecule has 2 aromatic rings. The molecule has 0 bridgehead atoms. The van der Waals surface area contributed by atoms with E-state index in [2.05, 4.69) is 15.6 Å². The van der Waals surface area contributed by atoms with E-state index in [-0.39, 0.29) is 23.9 Å². The molecule has 1 aliphatic carbocycles. The highest BCUT2D eigenvalue weighted by Gasteiger charge is 2.20. The van der Waals surface area contributed by atoms with Crippen molar-refractivity contribution in [3.8, 4) is 0 Å². The van der Waals surface area contributed by atoms with Gasteiger partial charge in [0.2, 0.25) is 0 Å². The summed E-state index contributed by atoms with van der Waals surface area (Å²) in [5, 5.41) is 6.08. The average Bonchev–Trinajstić information content (AvgIpc) is 2.62. The molecule has 126 valence electrons. The Balaban J connectivity index is 1.74. The number of carbonyl (C=O) groups is 1. The minimum atomic E-state index is -0.336. The molecule has 1 unspecified atom stereocenters. The summed E-state index contributed by atoms with van der Waals surface area (Å²) in [5.41, 5.74) is 1.75. The van der Waals surface area contributed by atoms with Crippen LogP contribution in [0.1, 0.15) is 49.3 Å². The third kappa shape index (κ3) is 4.31. The molecule has 2 amide bonds. The Morgan fingerprint density at radius 1 is 1.00 bits per heavy atom. The number of nitrogens with zero attached hydrogens (tertiary/aromatic N) is 1. The molecule has 0 aliphatic heterocycles. The number of carbonyl (C=O) groups excluding carboxylic acids is 1. The highest BCUT2D eigenvalue weighted by Crippen LogP contribution is 2.22. The van der Waals surface area contributed by atoms with E-state index in [1.165, 1.54) is 18.6 Å². The number of amides is 2. The Labute approximate surface area is 141 Å². The first-order valence-electron chi connectivity index (χ1n) is 8.45. The van der Waals surface area contributed by atoms with E-state index < -0.39 is 0 Å². The van der Waals surface area contributed by atoms with Gasteiger partial charge in [-0.15, -0.1) is 0 Å². The van der Waals surface area contributed by atoms with Crippen molar-refractivity contribution in [2.75, 3.05) is 0 Å². The van der Waals surface area contributed by atoms with Crippen LogP contribution in [0.3, 0.4) is 0 Å². The van der Waals surface area contributed by atoms with E-state index in [0.717, 1.165) is 36.8 Å². The van der Waals surface area contributed by atoms with Gasteiger partial charge in [0.25, 0.3) is 0 Å². The first kappa shape index (κ1) is 16.4. The highest BCUT2D eigenvalue weighted by molar-refractivity contribution is 5.75. The molecule has 5 heteroatoms. The molecule has 1 aromatic heterocycles. The molecule has 3 rings (SSSR count). The minimum Gasteiger partial charge on any atom is -0.335 e. The minimum absolute atomic E-state index is 0.187. The lowest BCUT2D eigenvalue weighted by molar-refractivity contribution is 0.230. The summed E-state index contributed by atoms with van der Waals surface area (Å²) < 4.78 is 13.2. The van der Waals surface area contributed by atoms with Crippen LogP contribution in [-0.4, -0.2) is 17.1 Å². The molecule has 2 N–H and O–H groups in total. The van der Waals surface area contributed by atoms with Crippen molar-refractivity contribution < 1.29 is 9.18 Å². The summed E-state index contributed by atoms with van der Waals surface area (Å²) in [6, 6.07) is 9.64. The fraction of sp³-hybridized carbons (Fsp3) is 0.368. The summed E-state index contributed by atoms with van der Waals surface area (Å²) in [5.74, 6) is -0.293. The molecule has 0 spiro atoms. The largest absolute Gasteiger partial charge is 0.335 e. The predicted molar refractivity (Wildman–Crippen MR) is 91.0 cm³/mol. The number of benzene rings is 1. The number of pyridine rings is 1. The standard InChI is InChI=1S/C19H22FN3O/c20-16-8-6-14(7-9-16)18(15-10-12-21-13-11-15)23-19(24)22-17-4-2-1-3-5-17/h6-13,17-18H,1-5H2,(H2,22,23,24). The molecule has 0 saturated heterocycles. The number of aromatic nitrogens is 1. The zero-order valence-electron chi connectivity index (χ0n) is 13.5. The van der Waals surface area contributed by atoms with E-state index in [0.29, 0.717) is 0 Å². The third-order valence-corrected chi connectivity index (χ3v) is 4.46. The number of hydrogen-bond acceptors (Lipinski definition) is 2. The number of rotatable bonds is 4. The van der Waals surface area contributed by atoms with Crippen LogP contribution in [0.2, 0.25) is 0 Å². The van der Waals surface area contributed by atoms with E-state index in [1.807, 2.05) is 12.1 Å². The normalized spacial score (nSPS) is 16.4. The van der Waals surface area contributed by atoms with Gasteiger partial charge in [-0.05, 0) is 48.2 Å². The van der Waals surface area contributed by atoms with Crippen LogP contribution in [0, 0.1) is 5.82 Å². The van der Waals surface area contributed by atoms with Crippen molar-refractivity contribution in [3.05, 3.63) is 65.7 Å². The van der Waals surface area contributed by atoms with Crippen molar-refractivity contribution in [1.29, 1.82) is 0 Å². The Kier molecular flexibility index (Phi) is 5.41. The molecular weight excluding hydrogens is 305 g/mol. The Hall–Kier alpha value is -2.43. The molecule has 1 heterocycles. The van der Waals surface area contributed by atoms with Crippen LogP contribution in [-0.2, 0) is 0 Å². The monoisotopic (exact) mass is 327 g/mol. The maximum atomic E-state index is 13.2. The van der Waals surface area contributed by atoms with Gasteiger partial charge in [0.05, 0.1) is 6.04 Å². The van der Waals surface area contributed by atoms with Crippen LogP contribution < -0.4 is 10.6 Å². The summed E-state index contributed by atoms with van der Waals surface area (Å²) in [4.78, 5) is 16.4. The van der Waals surface area contributed by atoms with Gasteiger partial charge in [-0.2, -0.15) is 0 Å². The van der Waals surface area contributed by atoms with Gasteiger partial charge in [-0.3, -0.25) is 4.98 Å². The van der Waals surface area contributed by atoms with Gasteiger partial charge in [0, 0.05) is 18.4 Å². The molecule has 24 heavy (non-hydrogen) atoms. The van der Waals surface area contributed by atoms with Gasteiger partial charge in [0.1, 0.15) is 5.82 Å². The molecular formula is C19H22FN3O. The maximum Gasteiger partial charge on any atom is 0.315 e. The maximum absolute atomic E-state index is 13.2. The fourth-order valence-corrected chi connectivity index (χ4v) is 3.18. The van der Waals surface area contributed by atoms with Gasteiger partial charge >= 0.3 is 6.03 Å². The molecule has 1 saturated carbocycles. The average molecular weight is 327 g/mol. The van der Waals surface area contributed by atoms with Crippen molar-refractivity contribution in [1.82, 2.24) is 15.6 Å². The van der Waals surface area contributed by atoms with Crippen LogP contribution in [0.5, 0.6) is 0 Å². The van der Waals surface area contributed by atoms with Gasteiger partial charge in [-0.1, -0.05) is 31.4 Å². The summed E-state index contributed by atoms with van der Waals surface area (Å²) >= 11 is 0. The first-order valence-corrected chi connectivity index (χ1v) is 8.45. The van der Waals surface area contributed by atoms with Crippen molar-refractivity contribution in [2.45, 2.75) is 44.2 Å². The van der Waals surface area contributed by atoms with Crippen LogP contribution in [0.15, 0.2) is 48.8 Å². The lowest BCUT2D eigenvalue weighted by Crippen LogP contribution is -2.44. The summed E-state index contributed by atoms with van der Waals surface area (Å²) in [7, 11) is 0. The Morgan fingerprint density at radius 2 is 1.62 bits per heavy atom. The summed E-state index contributed by atoms with van der Waals surface area (Å²) in [6.07, 6.45) is 9.01. The fourth-order valence-electron chi connectivity index (χ4n) is 3.18. The molecule has 0 radical (unpaired) electrons. The SMILES string of the molecule is O=C(NC1CCCCC1)NC(c1ccncc1)c1ccc(F)cc1. The van der Waals surface area contributed by atoms with Gasteiger partial charge < -0.3 is 10.6 Å². The number of hydrogen-bond donors (Lipinski definition) is 2. The lowest BCUT2D eigenvalue weighted by atomic mass is 9.95. The highest BCUT2D eigenvalue weighted by atomic mass is 19.1. The third-order valence-electron chi connectivity index (χ3n) is 4.46. The Morgan fingerprint density at radius 3 is 2.29 bits per heavy atom. The second-order valence-corrected chi connectivity index (χ2v) is 6.22. The van der Waals surface area contributed by atoms with E-state index in [1.54, 1.807) is 24.5 Å². The van der Waals surface area contributed by atoms with E-state index in [4.69, 9.17) is 0 Å². The second kappa shape index (κ2) is 7.90. The van der Waals surface area contributed by atoms with Crippen molar-refractivity contribution in [3.63, 3.8) is 0 Å². The number of halogens is 1. The molecule has 1 fully saturated rings. The molecule has 4 nitrogen and oxygen atoms in total. The second-order valence-electron chi connectivity index (χ2n) is 6.22. The van der Waals surface area contributed by atoms with E-state index in [9.17, 15) is 9.18 Å². The zero-order chi connectivity index (χ0) is 16.8. The predicted octanol–water partition coefficient (Wildman–Crippen LogP) is 3.94. The topological polar surface area (TPSA) is 54.0 Å². The molecule has 1 aliphatic rings. The first-order chi connectivity index (χ1) is 11.7.